The first-order valence-corrected chi connectivity index (χ1v) is 8.45. The van der Waals surface area contributed by atoms with Crippen molar-refractivity contribution in [2.75, 3.05) is 38.5 Å². The van der Waals surface area contributed by atoms with Gasteiger partial charge in [-0.05, 0) is 13.8 Å². The Hall–Kier alpha value is -0.960. The van der Waals surface area contributed by atoms with E-state index >= 15 is 0 Å². The molecule has 7 nitrogen and oxygen atoms in total. The van der Waals surface area contributed by atoms with Gasteiger partial charge in [-0.1, -0.05) is 5.16 Å². The number of rotatable bonds is 6. The maximum Gasteiger partial charge on any atom is 0.213 e. The molecule has 2 rings (SSSR count). The lowest BCUT2D eigenvalue weighted by Crippen LogP contribution is -2.45. The molecule has 1 aliphatic heterocycles. The van der Waals surface area contributed by atoms with E-state index in [0.717, 1.165) is 37.4 Å². The Kier molecular flexibility index (Phi) is 5.14. The first-order valence-electron chi connectivity index (χ1n) is 6.80. The summed E-state index contributed by atoms with van der Waals surface area (Å²) in [5.74, 6) is 0.781. The quantitative estimate of drug-likeness (QED) is 0.744. The molecule has 1 saturated heterocycles. The third kappa shape index (κ3) is 4.27. The van der Waals surface area contributed by atoms with E-state index in [1.54, 1.807) is 13.8 Å². The van der Waals surface area contributed by atoms with Gasteiger partial charge in [-0.25, -0.2) is 13.1 Å². The molecule has 1 fully saturated rings. The maximum atomic E-state index is 12.0. The molecule has 0 spiro atoms. The Labute approximate surface area is 119 Å². The molecule has 0 aliphatic carbocycles. The van der Waals surface area contributed by atoms with Gasteiger partial charge in [-0.15, -0.1) is 0 Å². The second-order valence-electron chi connectivity index (χ2n) is 5.03. The molecular weight excluding hydrogens is 280 g/mol. The fourth-order valence-electron chi connectivity index (χ4n) is 2.19. The molecule has 0 amide bonds. The minimum Gasteiger partial charge on any atom is -0.361 e. The smallest absolute Gasteiger partial charge is 0.213 e. The normalized spacial score (nSPS) is 17.5. The van der Waals surface area contributed by atoms with E-state index in [0.29, 0.717) is 12.3 Å². The standard InChI is InChI=1S/C12H22N4O3S/c1-10-12(11(2)19-15-10)9-14-20(17,18)8-7-16-5-3-13-4-6-16/h13-14H,3-9H2,1-2H3. The molecule has 0 aromatic carbocycles. The Bertz CT molecular complexity index is 515. The van der Waals surface area contributed by atoms with Crippen LogP contribution in [0.5, 0.6) is 0 Å². The zero-order chi connectivity index (χ0) is 14.6. The molecule has 1 aliphatic rings. The average Bonchev–Trinajstić information content (AvgIpc) is 2.75. The first kappa shape index (κ1) is 15.4. The van der Waals surface area contributed by atoms with Crippen LogP contribution in [-0.2, 0) is 16.6 Å². The molecule has 0 saturated carbocycles. The predicted molar refractivity (Wildman–Crippen MR) is 75.9 cm³/mol. The van der Waals surface area contributed by atoms with Crippen molar-refractivity contribution >= 4 is 10.0 Å². The molecule has 2 heterocycles. The number of piperazine rings is 1. The number of nitrogens with zero attached hydrogens (tertiary/aromatic N) is 2. The number of hydrogen-bond donors (Lipinski definition) is 2. The van der Waals surface area contributed by atoms with Crippen molar-refractivity contribution in [3.05, 3.63) is 17.0 Å². The maximum absolute atomic E-state index is 12.0. The molecule has 20 heavy (non-hydrogen) atoms. The summed E-state index contributed by atoms with van der Waals surface area (Å²) in [5.41, 5.74) is 1.54. The zero-order valence-electron chi connectivity index (χ0n) is 12.0. The van der Waals surface area contributed by atoms with Gasteiger partial charge in [-0.2, -0.15) is 0 Å². The zero-order valence-corrected chi connectivity index (χ0v) is 12.8. The molecule has 0 bridgehead atoms. The predicted octanol–water partition coefficient (Wildman–Crippen LogP) is -0.384. The number of aryl methyl sites for hydroxylation is 2. The Morgan fingerprint density at radius 3 is 2.65 bits per heavy atom. The Balaban J connectivity index is 1.81. The molecular formula is C12H22N4O3S. The topological polar surface area (TPSA) is 87.5 Å². The van der Waals surface area contributed by atoms with Crippen molar-refractivity contribution in [2.45, 2.75) is 20.4 Å². The fraction of sp³-hybridized carbons (Fsp3) is 0.750. The third-order valence-electron chi connectivity index (χ3n) is 3.54. The molecule has 114 valence electrons. The van der Waals surface area contributed by atoms with Gasteiger partial charge in [-0.3, -0.25) is 4.90 Å². The fourth-order valence-corrected chi connectivity index (χ4v) is 3.20. The molecule has 1 aromatic rings. The molecule has 8 heteroatoms. The van der Waals surface area contributed by atoms with Gasteiger partial charge in [0.25, 0.3) is 0 Å². The molecule has 1 aromatic heterocycles. The van der Waals surface area contributed by atoms with Crippen LogP contribution in [0.4, 0.5) is 0 Å². The lowest BCUT2D eigenvalue weighted by atomic mass is 10.2. The lowest BCUT2D eigenvalue weighted by molar-refractivity contribution is 0.253. The summed E-state index contributed by atoms with van der Waals surface area (Å²) in [6.07, 6.45) is 0. The van der Waals surface area contributed by atoms with E-state index in [-0.39, 0.29) is 12.3 Å². The van der Waals surface area contributed by atoms with Gasteiger partial charge >= 0.3 is 0 Å². The summed E-state index contributed by atoms with van der Waals surface area (Å²) in [6, 6.07) is 0. The molecule has 0 atom stereocenters. The van der Waals surface area contributed by atoms with Crippen molar-refractivity contribution in [3.63, 3.8) is 0 Å². The van der Waals surface area contributed by atoms with Crippen molar-refractivity contribution in [2.24, 2.45) is 0 Å². The summed E-state index contributed by atoms with van der Waals surface area (Å²) < 4.78 is 31.6. The van der Waals surface area contributed by atoms with Crippen molar-refractivity contribution < 1.29 is 12.9 Å². The second kappa shape index (κ2) is 6.66. The Morgan fingerprint density at radius 2 is 2.05 bits per heavy atom. The highest BCUT2D eigenvalue weighted by atomic mass is 32.2. The second-order valence-corrected chi connectivity index (χ2v) is 6.96. The largest absolute Gasteiger partial charge is 0.361 e. The van der Waals surface area contributed by atoms with Gasteiger partial charge < -0.3 is 9.84 Å². The summed E-state index contributed by atoms with van der Waals surface area (Å²) in [5, 5.41) is 7.06. The van der Waals surface area contributed by atoms with Crippen molar-refractivity contribution in [1.29, 1.82) is 0 Å². The van der Waals surface area contributed by atoms with Crippen LogP contribution < -0.4 is 10.0 Å². The van der Waals surface area contributed by atoms with Crippen LogP contribution in [0, 0.1) is 13.8 Å². The molecule has 0 unspecified atom stereocenters. The van der Waals surface area contributed by atoms with Gasteiger partial charge in [0.1, 0.15) is 5.76 Å². The average molecular weight is 302 g/mol. The lowest BCUT2D eigenvalue weighted by Gasteiger charge is -2.26. The SMILES string of the molecule is Cc1noc(C)c1CNS(=O)(=O)CCN1CCNCC1. The summed E-state index contributed by atoms with van der Waals surface area (Å²) in [7, 11) is -3.27. The molecule has 2 N–H and O–H groups in total. The first-order chi connectivity index (χ1) is 9.48. The van der Waals surface area contributed by atoms with Gasteiger partial charge in [0.2, 0.25) is 10.0 Å². The minimum absolute atomic E-state index is 0.121. The summed E-state index contributed by atoms with van der Waals surface area (Å²) >= 11 is 0. The van der Waals surface area contributed by atoms with E-state index in [1.165, 1.54) is 0 Å². The van der Waals surface area contributed by atoms with Gasteiger partial charge in [0.15, 0.2) is 0 Å². The number of sulfonamides is 1. The van der Waals surface area contributed by atoms with Crippen LogP contribution in [0.15, 0.2) is 4.52 Å². The highest BCUT2D eigenvalue weighted by Gasteiger charge is 2.17. The Morgan fingerprint density at radius 1 is 1.35 bits per heavy atom. The van der Waals surface area contributed by atoms with Crippen LogP contribution >= 0.6 is 0 Å². The van der Waals surface area contributed by atoms with Crippen molar-refractivity contribution in [1.82, 2.24) is 20.1 Å². The number of hydrogen-bond acceptors (Lipinski definition) is 6. The van der Waals surface area contributed by atoms with Crippen LogP contribution in [0.25, 0.3) is 0 Å². The number of nitrogens with one attached hydrogen (secondary N) is 2. The van der Waals surface area contributed by atoms with Gasteiger partial charge in [0, 0.05) is 44.8 Å². The molecule has 0 radical (unpaired) electrons. The van der Waals surface area contributed by atoms with E-state index < -0.39 is 10.0 Å². The van der Waals surface area contributed by atoms with E-state index in [4.69, 9.17) is 4.52 Å². The van der Waals surface area contributed by atoms with Crippen LogP contribution in [0.1, 0.15) is 17.0 Å². The van der Waals surface area contributed by atoms with Crippen LogP contribution in [0.3, 0.4) is 0 Å². The minimum atomic E-state index is -3.27. The monoisotopic (exact) mass is 302 g/mol. The van der Waals surface area contributed by atoms with E-state index in [9.17, 15) is 8.42 Å². The highest BCUT2D eigenvalue weighted by molar-refractivity contribution is 7.89. The van der Waals surface area contributed by atoms with Crippen LogP contribution in [-0.4, -0.2) is 57.0 Å². The van der Waals surface area contributed by atoms with Crippen molar-refractivity contribution in [3.8, 4) is 0 Å². The van der Waals surface area contributed by atoms with E-state index in [1.807, 2.05) is 0 Å². The van der Waals surface area contributed by atoms with Gasteiger partial charge in [0.05, 0.1) is 11.4 Å². The summed E-state index contributed by atoms with van der Waals surface area (Å²) in [4.78, 5) is 2.16. The number of aromatic nitrogens is 1. The highest BCUT2D eigenvalue weighted by Crippen LogP contribution is 2.11. The van der Waals surface area contributed by atoms with Crippen LogP contribution in [0.2, 0.25) is 0 Å². The van der Waals surface area contributed by atoms with E-state index in [2.05, 4.69) is 20.1 Å². The third-order valence-corrected chi connectivity index (χ3v) is 4.84. The summed E-state index contributed by atoms with van der Waals surface area (Å²) in [6.45, 7) is 8.05.